The Kier molecular flexibility index (Phi) is 6.51. The minimum absolute atomic E-state index is 0.0295. The van der Waals surface area contributed by atoms with Crippen molar-refractivity contribution in [2.75, 3.05) is 26.7 Å². The highest BCUT2D eigenvalue weighted by Crippen LogP contribution is 2.25. The number of para-hydroxylation sites is 1. The van der Waals surface area contributed by atoms with Crippen LogP contribution in [-0.2, 0) is 4.79 Å². The van der Waals surface area contributed by atoms with Gasteiger partial charge in [-0.15, -0.1) is 0 Å². The number of carbonyl (C=O) groups excluding carboxylic acids is 2. The van der Waals surface area contributed by atoms with Crippen LogP contribution in [0.25, 0.3) is 0 Å². The summed E-state index contributed by atoms with van der Waals surface area (Å²) in [5.41, 5.74) is 0.404. The Hall–Kier alpha value is -2.89. The van der Waals surface area contributed by atoms with Crippen molar-refractivity contribution < 1.29 is 14.3 Å². The lowest BCUT2D eigenvalue weighted by atomic mass is 10.1. The molecule has 25 heavy (non-hydrogen) atoms. The van der Waals surface area contributed by atoms with Gasteiger partial charge in [0.1, 0.15) is 11.5 Å². The second-order valence-electron chi connectivity index (χ2n) is 5.51. The van der Waals surface area contributed by atoms with E-state index in [2.05, 4.69) is 4.98 Å². The summed E-state index contributed by atoms with van der Waals surface area (Å²) in [5, 5.41) is 0. The van der Waals surface area contributed by atoms with Crippen molar-refractivity contribution in [3.05, 3.63) is 54.4 Å². The van der Waals surface area contributed by atoms with Crippen molar-refractivity contribution in [2.45, 2.75) is 13.8 Å². The number of pyridine rings is 1. The summed E-state index contributed by atoms with van der Waals surface area (Å²) < 4.78 is 5.77. The molecule has 0 aliphatic carbocycles. The van der Waals surface area contributed by atoms with E-state index in [4.69, 9.17) is 4.74 Å². The van der Waals surface area contributed by atoms with Gasteiger partial charge >= 0.3 is 0 Å². The molecule has 0 bridgehead atoms. The van der Waals surface area contributed by atoms with Crippen molar-refractivity contribution in [1.82, 2.24) is 14.8 Å². The van der Waals surface area contributed by atoms with Gasteiger partial charge in [0, 0.05) is 26.3 Å². The van der Waals surface area contributed by atoms with Crippen LogP contribution in [0.3, 0.4) is 0 Å². The van der Waals surface area contributed by atoms with Crippen LogP contribution in [0.5, 0.6) is 11.5 Å². The molecule has 0 unspecified atom stereocenters. The van der Waals surface area contributed by atoms with Crippen LogP contribution in [0.15, 0.2) is 48.8 Å². The second kappa shape index (κ2) is 8.82. The number of carbonyl (C=O) groups is 2. The number of nitrogens with zero attached hydrogens (tertiary/aromatic N) is 3. The molecule has 1 aromatic heterocycles. The van der Waals surface area contributed by atoms with E-state index in [0.29, 0.717) is 30.2 Å². The fraction of sp³-hybridized carbons (Fsp3) is 0.316. The molecule has 0 N–H and O–H groups in total. The molecule has 0 fully saturated rings. The minimum atomic E-state index is -0.264. The van der Waals surface area contributed by atoms with Gasteiger partial charge in [-0.1, -0.05) is 12.1 Å². The summed E-state index contributed by atoms with van der Waals surface area (Å²) in [4.78, 5) is 32.1. The van der Waals surface area contributed by atoms with E-state index in [1.165, 1.54) is 4.90 Å². The van der Waals surface area contributed by atoms with Crippen LogP contribution in [-0.4, -0.2) is 53.3 Å². The fourth-order valence-corrected chi connectivity index (χ4v) is 2.42. The van der Waals surface area contributed by atoms with Crippen molar-refractivity contribution in [1.29, 1.82) is 0 Å². The predicted octanol–water partition coefficient (Wildman–Crippen LogP) is 2.81. The number of amides is 2. The zero-order valence-corrected chi connectivity index (χ0v) is 14.8. The third-order valence-corrected chi connectivity index (χ3v) is 3.81. The van der Waals surface area contributed by atoms with Crippen LogP contribution in [0.4, 0.5) is 0 Å². The van der Waals surface area contributed by atoms with Crippen molar-refractivity contribution >= 4 is 11.8 Å². The third kappa shape index (κ3) is 4.79. The lowest BCUT2D eigenvalue weighted by Gasteiger charge is -2.23. The number of ether oxygens (including phenoxy) is 1. The molecule has 1 heterocycles. The van der Waals surface area contributed by atoms with Gasteiger partial charge in [-0.2, -0.15) is 0 Å². The Morgan fingerprint density at radius 1 is 1.08 bits per heavy atom. The Morgan fingerprint density at radius 2 is 1.80 bits per heavy atom. The van der Waals surface area contributed by atoms with E-state index in [0.717, 1.165) is 0 Å². The molecule has 0 aliphatic heterocycles. The van der Waals surface area contributed by atoms with E-state index in [-0.39, 0.29) is 18.4 Å². The van der Waals surface area contributed by atoms with Gasteiger partial charge in [0.05, 0.1) is 18.3 Å². The van der Waals surface area contributed by atoms with Gasteiger partial charge in [0.25, 0.3) is 5.91 Å². The summed E-state index contributed by atoms with van der Waals surface area (Å²) in [6.07, 6.45) is 3.23. The Balaban J connectivity index is 2.15. The molecular formula is C19H23N3O3. The summed E-state index contributed by atoms with van der Waals surface area (Å²) in [7, 11) is 1.62. The monoisotopic (exact) mass is 341 g/mol. The first-order valence-corrected chi connectivity index (χ1v) is 8.27. The number of rotatable bonds is 7. The molecule has 0 saturated carbocycles. The zero-order chi connectivity index (χ0) is 18.2. The van der Waals surface area contributed by atoms with E-state index in [9.17, 15) is 9.59 Å². The van der Waals surface area contributed by atoms with Crippen molar-refractivity contribution in [3.63, 3.8) is 0 Å². The van der Waals surface area contributed by atoms with Crippen molar-refractivity contribution in [3.8, 4) is 11.5 Å². The summed E-state index contributed by atoms with van der Waals surface area (Å²) >= 11 is 0. The number of hydrogen-bond acceptors (Lipinski definition) is 4. The Bertz CT molecular complexity index is 715. The predicted molar refractivity (Wildman–Crippen MR) is 95.6 cm³/mol. The first kappa shape index (κ1) is 18.4. The number of hydrogen-bond donors (Lipinski definition) is 0. The highest BCUT2D eigenvalue weighted by atomic mass is 16.5. The van der Waals surface area contributed by atoms with Crippen molar-refractivity contribution in [2.24, 2.45) is 0 Å². The minimum Gasteiger partial charge on any atom is -0.455 e. The smallest absolute Gasteiger partial charge is 0.257 e. The van der Waals surface area contributed by atoms with Gasteiger partial charge < -0.3 is 14.5 Å². The van der Waals surface area contributed by atoms with E-state index in [1.54, 1.807) is 60.7 Å². The molecular weight excluding hydrogens is 318 g/mol. The lowest BCUT2D eigenvalue weighted by molar-refractivity contribution is -0.131. The molecule has 6 nitrogen and oxygen atoms in total. The molecule has 2 aromatic rings. The van der Waals surface area contributed by atoms with Crippen LogP contribution < -0.4 is 4.74 Å². The first-order valence-electron chi connectivity index (χ1n) is 8.27. The van der Waals surface area contributed by atoms with E-state index < -0.39 is 0 Å². The zero-order valence-electron chi connectivity index (χ0n) is 14.8. The third-order valence-electron chi connectivity index (χ3n) is 3.81. The standard InChI is InChI=1S/C19H23N3O3/c1-4-22(5-2)18(23)14-21(3)19(24)16-10-6-7-11-17(16)25-15-9-8-12-20-13-15/h6-13H,4-5,14H2,1-3H3. The fourth-order valence-electron chi connectivity index (χ4n) is 2.42. The maximum Gasteiger partial charge on any atom is 0.257 e. The van der Waals surface area contributed by atoms with Gasteiger partial charge in [-0.05, 0) is 38.1 Å². The topological polar surface area (TPSA) is 62.7 Å². The molecule has 1 aromatic carbocycles. The van der Waals surface area contributed by atoms with Gasteiger partial charge in [-0.25, -0.2) is 0 Å². The van der Waals surface area contributed by atoms with Crippen LogP contribution >= 0.6 is 0 Å². The van der Waals surface area contributed by atoms with Gasteiger partial charge in [0.15, 0.2) is 0 Å². The molecule has 132 valence electrons. The molecule has 2 rings (SSSR count). The molecule has 0 atom stereocenters. The van der Waals surface area contributed by atoms with Crippen LogP contribution in [0.2, 0.25) is 0 Å². The molecule has 0 saturated heterocycles. The Morgan fingerprint density at radius 3 is 2.44 bits per heavy atom. The summed E-state index contributed by atoms with van der Waals surface area (Å²) in [6, 6.07) is 10.5. The average Bonchev–Trinajstić information content (AvgIpc) is 2.63. The highest BCUT2D eigenvalue weighted by molar-refractivity contribution is 5.98. The number of likely N-dealkylation sites (N-methyl/N-ethyl adjacent to an activating group) is 2. The normalized spacial score (nSPS) is 10.2. The quantitative estimate of drug-likeness (QED) is 0.777. The maximum atomic E-state index is 12.7. The lowest BCUT2D eigenvalue weighted by Crippen LogP contribution is -2.41. The van der Waals surface area contributed by atoms with Crippen LogP contribution in [0, 0.1) is 0 Å². The maximum absolute atomic E-state index is 12.7. The second-order valence-corrected chi connectivity index (χ2v) is 5.51. The summed E-state index contributed by atoms with van der Waals surface area (Å²) in [5.74, 6) is 0.638. The molecule has 0 radical (unpaired) electrons. The van der Waals surface area contributed by atoms with E-state index >= 15 is 0 Å². The van der Waals surface area contributed by atoms with E-state index in [1.807, 2.05) is 13.8 Å². The average molecular weight is 341 g/mol. The number of benzene rings is 1. The molecule has 0 aliphatic rings. The number of aromatic nitrogens is 1. The molecule has 0 spiro atoms. The van der Waals surface area contributed by atoms with Gasteiger partial charge in [0.2, 0.25) is 5.91 Å². The highest BCUT2D eigenvalue weighted by Gasteiger charge is 2.20. The molecule has 2 amide bonds. The largest absolute Gasteiger partial charge is 0.455 e. The Labute approximate surface area is 148 Å². The molecule has 6 heteroatoms. The first-order chi connectivity index (χ1) is 12.1. The van der Waals surface area contributed by atoms with Crippen LogP contribution in [0.1, 0.15) is 24.2 Å². The SMILES string of the molecule is CCN(CC)C(=O)CN(C)C(=O)c1ccccc1Oc1cccnc1. The summed E-state index contributed by atoms with van der Waals surface area (Å²) in [6.45, 7) is 5.11. The van der Waals surface area contributed by atoms with Gasteiger partial charge in [-0.3, -0.25) is 14.6 Å².